The van der Waals surface area contributed by atoms with Crippen LogP contribution < -0.4 is 10.1 Å². The van der Waals surface area contributed by atoms with E-state index in [0.29, 0.717) is 18.5 Å². The van der Waals surface area contributed by atoms with Gasteiger partial charge >= 0.3 is 5.97 Å². The molecule has 0 saturated heterocycles. The average Bonchev–Trinajstić information content (AvgIpc) is 2.97. The molecule has 0 bridgehead atoms. The Morgan fingerprint density at radius 2 is 2.13 bits per heavy atom. The van der Waals surface area contributed by atoms with E-state index in [1.54, 1.807) is 7.11 Å². The Morgan fingerprint density at radius 1 is 1.35 bits per heavy atom. The van der Waals surface area contributed by atoms with Gasteiger partial charge in [0.15, 0.2) is 0 Å². The topological polar surface area (TPSA) is 106 Å². The van der Waals surface area contributed by atoms with Crippen LogP contribution in [0.1, 0.15) is 17.7 Å². The van der Waals surface area contributed by atoms with Gasteiger partial charge in [-0.2, -0.15) is 0 Å². The van der Waals surface area contributed by atoms with Gasteiger partial charge in [-0.1, -0.05) is 23.4 Å². The Labute approximate surface area is 133 Å². The van der Waals surface area contributed by atoms with Crippen molar-refractivity contribution in [1.82, 2.24) is 20.3 Å². The zero-order chi connectivity index (χ0) is 16.7. The van der Waals surface area contributed by atoms with Crippen LogP contribution in [-0.4, -0.2) is 39.1 Å². The molecule has 0 aliphatic carbocycles. The number of benzene rings is 1. The standard InChI is InChI=1S/C15H18N4O4/c1-23-13-5-3-2-4-11(13)6-7-14(20)16-8-12-9-19(18-17-12)10-15(21)22/h2-5,9H,6-8,10H2,1H3,(H,16,20)(H,21,22). The third-order valence-corrected chi connectivity index (χ3v) is 3.16. The molecule has 1 aromatic carbocycles. The predicted octanol–water partition coefficient (Wildman–Crippen LogP) is 0.620. The lowest BCUT2D eigenvalue weighted by atomic mass is 10.1. The second kappa shape index (κ2) is 7.92. The molecule has 1 heterocycles. The van der Waals surface area contributed by atoms with E-state index in [0.717, 1.165) is 11.3 Å². The molecule has 0 aliphatic rings. The summed E-state index contributed by atoms with van der Waals surface area (Å²) in [6.45, 7) is -0.0425. The first-order valence-electron chi connectivity index (χ1n) is 7.08. The number of carboxylic acids is 1. The summed E-state index contributed by atoms with van der Waals surface area (Å²) in [7, 11) is 1.60. The number of aryl methyl sites for hydroxylation is 1. The number of methoxy groups -OCH3 is 1. The minimum atomic E-state index is -0.998. The van der Waals surface area contributed by atoms with Crippen LogP contribution in [0.15, 0.2) is 30.5 Å². The molecule has 0 spiro atoms. The fourth-order valence-electron chi connectivity index (χ4n) is 2.07. The molecule has 2 N–H and O–H groups in total. The second-order valence-electron chi connectivity index (χ2n) is 4.89. The highest BCUT2D eigenvalue weighted by Crippen LogP contribution is 2.18. The molecule has 0 saturated carbocycles. The van der Waals surface area contributed by atoms with Gasteiger partial charge in [-0.15, -0.1) is 5.10 Å². The molecule has 8 nitrogen and oxygen atoms in total. The van der Waals surface area contributed by atoms with Crippen LogP contribution in [0.2, 0.25) is 0 Å². The van der Waals surface area contributed by atoms with Crippen molar-refractivity contribution in [2.75, 3.05) is 7.11 Å². The lowest BCUT2D eigenvalue weighted by molar-refractivity contribution is -0.138. The lowest BCUT2D eigenvalue weighted by Gasteiger charge is -2.08. The number of hydrogen-bond donors (Lipinski definition) is 2. The molecule has 0 radical (unpaired) electrons. The Morgan fingerprint density at radius 3 is 2.87 bits per heavy atom. The monoisotopic (exact) mass is 318 g/mol. The number of ether oxygens (including phenoxy) is 1. The molecular formula is C15H18N4O4. The van der Waals surface area contributed by atoms with Crippen LogP contribution >= 0.6 is 0 Å². The molecule has 23 heavy (non-hydrogen) atoms. The van der Waals surface area contributed by atoms with Gasteiger partial charge in [0, 0.05) is 6.42 Å². The molecule has 2 rings (SSSR count). The summed E-state index contributed by atoms with van der Waals surface area (Å²) in [5, 5.41) is 18.8. The van der Waals surface area contributed by atoms with Gasteiger partial charge in [0.1, 0.15) is 18.0 Å². The number of aromatic nitrogens is 3. The molecule has 0 aliphatic heterocycles. The van der Waals surface area contributed by atoms with Crippen LogP contribution in [0, 0.1) is 0 Å². The van der Waals surface area contributed by atoms with Gasteiger partial charge in [-0.3, -0.25) is 9.59 Å². The predicted molar refractivity (Wildman–Crippen MR) is 80.8 cm³/mol. The maximum atomic E-state index is 11.9. The first-order chi connectivity index (χ1) is 11.1. The van der Waals surface area contributed by atoms with Crippen molar-refractivity contribution in [2.45, 2.75) is 25.9 Å². The number of aliphatic carboxylic acids is 1. The Balaban J connectivity index is 1.79. The van der Waals surface area contributed by atoms with Crippen molar-refractivity contribution in [3.05, 3.63) is 41.7 Å². The minimum absolute atomic E-state index is 0.122. The maximum absolute atomic E-state index is 11.9. The van der Waals surface area contributed by atoms with Gasteiger partial charge in [0.25, 0.3) is 0 Å². The van der Waals surface area contributed by atoms with Gasteiger partial charge in [-0.25, -0.2) is 4.68 Å². The van der Waals surface area contributed by atoms with E-state index in [1.807, 2.05) is 24.3 Å². The quantitative estimate of drug-likeness (QED) is 0.739. The van der Waals surface area contributed by atoms with Gasteiger partial charge in [0.2, 0.25) is 5.91 Å². The van der Waals surface area contributed by atoms with E-state index < -0.39 is 5.97 Å². The van der Waals surface area contributed by atoms with Crippen molar-refractivity contribution >= 4 is 11.9 Å². The highest BCUT2D eigenvalue weighted by Gasteiger charge is 2.08. The molecule has 1 aromatic heterocycles. The minimum Gasteiger partial charge on any atom is -0.496 e. The number of nitrogens with one attached hydrogen (secondary N) is 1. The third-order valence-electron chi connectivity index (χ3n) is 3.16. The smallest absolute Gasteiger partial charge is 0.325 e. The van der Waals surface area contributed by atoms with Gasteiger partial charge < -0.3 is 15.2 Å². The van der Waals surface area contributed by atoms with Crippen molar-refractivity contribution < 1.29 is 19.4 Å². The highest BCUT2D eigenvalue weighted by atomic mass is 16.5. The Bertz CT molecular complexity index is 684. The summed E-state index contributed by atoms with van der Waals surface area (Å²) < 4.78 is 6.45. The van der Waals surface area contributed by atoms with E-state index in [-0.39, 0.29) is 19.0 Å². The summed E-state index contributed by atoms with van der Waals surface area (Å²) >= 11 is 0. The largest absolute Gasteiger partial charge is 0.496 e. The molecule has 0 fully saturated rings. The molecule has 8 heteroatoms. The van der Waals surface area contributed by atoms with Crippen LogP contribution in [0.25, 0.3) is 0 Å². The molecular weight excluding hydrogens is 300 g/mol. The van der Waals surface area contributed by atoms with Crippen LogP contribution in [0.4, 0.5) is 0 Å². The zero-order valence-corrected chi connectivity index (χ0v) is 12.7. The third kappa shape index (κ3) is 5.10. The van der Waals surface area contributed by atoms with E-state index in [2.05, 4.69) is 15.6 Å². The number of nitrogens with zero attached hydrogens (tertiary/aromatic N) is 3. The Hall–Kier alpha value is -2.90. The van der Waals surface area contributed by atoms with Crippen LogP contribution in [0.3, 0.4) is 0 Å². The number of hydrogen-bond acceptors (Lipinski definition) is 5. The van der Waals surface area contributed by atoms with Crippen LogP contribution in [0.5, 0.6) is 5.75 Å². The molecule has 0 unspecified atom stereocenters. The number of carbonyl (C=O) groups is 2. The summed E-state index contributed by atoms with van der Waals surface area (Å²) in [6, 6.07) is 7.55. The maximum Gasteiger partial charge on any atom is 0.325 e. The average molecular weight is 318 g/mol. The number of rotatable bonds is 8. The van der Waals surface area contributed by atoms with Crippen molar-refractivity contribution in [2.24, 2.45) is 0 Å². The molecule has 0 atom stereocenters. The number of para-hydroxylation sites is 1. The fraction of sp³-hybridized carbons (Fsp3) is 0.333. The Kier molecular flexibility index (Phi) is 5.67. The fourth-order valence-corrected chi connectivity index (χ4v) is 2.07. The first kappa shape index (κ1) is 16.5. The van der Waals surface area contributed by atoms with Gasteiger partial charge in [0.05, 0.1) is 19.9 Å². The number of amides is 1. The van der Waals surface area contributed by atoms with Crippen LogP contribution in [-0.2, 0) is 29.1 Å². The number of carbonyl (C=O) groups excluding carboxylic acids is 1. The molecule has 2 aromatic rings. The molecule has 1 amide bonds. The summed E-state index contributed by atoms with van der Waals surface area (Å²) in [5.74, 6) is -0.358. The van der Waals surface area contributed by atoms with E-state index in [1.165, 1.54) is 10.9 Å². The summed E-state index contributed by atoms with van der Waals surface area (Å²) in [6.07, 6.45) is 2.39. The normalized spacial score (nSPS) is 10.3. The first-order valence-corrected chi connectivity index (χ1v) is 7.08. The highest BCUT2D eigenvalue weighted by molar-refractivity contribution is 5.76. The van der Waals surface area contributed by atoms with Crippen molar-refractivity contribution in [3.63, 3.8) is 0 Å². The zero-order valence-electron chi connectivity index (χ0n) is 12.7. The molecule has 122 valence electrons. The SMILES string of the molecule is COc1ccccc1CCC(=O)NCc1cn(CC(=O)O)nn1. The lowest BCUT2D eigenvalue weighted by Crippen LogP contribution is -2.23. The van der Waals surface area contributed by atoms with Crippen molar-refractivity contribution in [3.8, 4) is 5.75 Å². The van der Waals surface area contributed by atoms with E-state index in [9.17, 15) is 9.59 Å². The summed E-state index contributed by atoms with van der Waals surface area (Å²) in [4.78, 5) is 22.4. The van der Waals surface area contributed by atoms with E-state index >= 15 is 0 Å². The number of carboxylic acid groups (broad SMARTS) is 1. The van der Waals surface area contributed by atoms with Crippen molar-refractivity contribution in [1.29, 1.82) is 0 Å². The summed E-state index contributed by atoms with van der Waals surface area (Å²) in [5.41, 5.74) is 1.48. The van der Waals surface area contributed by atoms with Gasteiger partial charge in [-0.05, 0) is 18.1 Å². The second-order valence-corrected chi connectivity index (χ2v) is 4.89. The van der Waals surface area contributed by atoms with E-state index in [4.69, 9.17) is 9.84 Å².